The molecule has 3 amide bonds. The van der Waals surface area contributed by atoms with E-state index < -0.39 is 0 Å². The molecule has 0 saturated carbocycles. The minimum atomic E-state index is -0.370. The summed E-state index contributed by atoms with van der Waals surface area (Å²) in [6.07, 6.45) is 1.64. The molecule has 8 nitrogen and oxygen atoms in total. The molecular weight excluding hydrogens is 513 g/mol. The van der Waals surface area contributed by atoms with Crippen LogP contribution in [0, 0.1) is 0 Å². The van der Waals surface area contributed by atoms with Crippen molar-refractivity contribution in [1.82, 2.24) is 14.7 Å². The van der Waals surface area contributed by atoms with Crippen LogP contribution in [0.2, 0.25) is 10.0 Å². The van der Waals surface area contributed by atoms with Crippen molar-refractivity contribution in [2.75, 3.05) is 30.8 Å². The van der Waals surface area contributed by atoms with Crippen molar-refractivity contribution in [3.63, 3.8) is 0 Å². The van der Waals surface area contributed by atoms with E-state index in [1.165, 1.54) is 4.90 Å². The lowest BCUT2D eigenvalue weighted by atomic mass is 9.92. The van der Waals surface area contributed by atoms with Gasteiger partial charge in [0.15, 0.2) is 0 Å². The Morgan fingerprint density at radius 1 is 1.05 bits per heavy atom. The molecule has 198 valence electrons. The molecule has 0 saturated heterocycles. The number of benzene rings is 2. The first-order valence-corrected chi connectivity index (χ1v) is 12.8. The van der Waals surface area contributed by atoms with Gasteiger partial charge in [-0.3, -0.25) is 4.79 Å². The zero-order valence-corrected chi connectivity index (χ0v) is 23.3. The van der Waals surface area contributed by atoms with Gasteiger partial charge in [0.1, 0.15) is 18.1 Å². The van der Waals surface area contributed by atoms with E-state index in [0.29, 0.717) is 39.5 Å². The van der Waals surface area contributed by atoms with Gasteiger partial charge in [-0.15, -0.1) is 0 Å². The average Bonchev–Trinajstić information content (AvgIpc) is 3.27. The van der Waals surface area contributed by atoms with Gasteiger partial charge in [0.25, 0.3) is 0 Å². The maximum Gasteiger partial charge on any atom is 0.322 e. The predicted octanol–water partition coefficient (Wildman–Crippen LogP) is 6.76. The van der Waals surface area contributed by atoms with Crippen LogP contribution in [0.3, 0.4) is 0 Å². The van der Waals surface area contributed by atoms with Crippen LogP contribution in [0.1, 0.15) is 46.2 Å². The van der Waals surface area contributed by atoms with Crippen LogP contribution in [0.25, 0.3) is 5.69 Å². The lowest BCUT2D eigenvalue weighted by molar-refractivity contribution is -0.116. The van der Waals surface area contributed by atoms with Crippen molar-refractivity contribution >= 4 is 46.6 Å². The summed E-state index contributed by atoms with van der Waals surface area (Å²) in [6, 6.07) is 13.7. The maximum absolute atomic E-state index is 13.2. The van der Waals surface area contributed by atoms with E-state index in [2.05, 4.69) is 10.6 Å². The molecule has 1 heterocycles. The van der Waals surface area contributed by atoms with Gasteiger partial charge < -0.3 is 20.3 Å². The average molecular weight is 546 g/mol. The number of aromatic nitrogens is 2. The van der Waals surface area contributed by atoms with Crippen LogP contribution < -0.4 is 15.4 Å². The number of nitrogens with one attached hydrogen (secondary N) is 2. The van der Waals surface area contributed by atoms with Gasteiger partial charge in [0, 0.05) is 29.8 Å². The van der Waals surface area contributed by atoms with Crippen LogP contribution in [0.15, 0.2) is 48.5 Å². The van der Waals surface area contributed by atoms with Gasteiger partial charge in [-0.1, -0.05) is 63.4 Å². The van der Waals surface area contributed by atoms with Crippen molar-refractivity contribution < 1.29 is 14.3 Å². The van der Waals surface area contributed by atoms with Crippen molar-refractivity contribution in [3.05, 3.63) is 64.3 Å². The maximum atomic E-state index is 13.2. The topological polar surface area (TPSA) is 88.5 Å². The Morgan fingerprint density at radius 3 is 2.46 bits per heavy atom. The van der Waals surface area contributed by atoms with E-state index in [-0.39, 0.29) is 23.9 Å². The molecule has 10 heteroatoms. The van der Waals surface area contributed by atoms with Gasteiger partial charge in [-0.25, -0.2) is 9.48 Å². The summed E-state index contributed by atoms with van der Waals surface area (Å²) in [7, 11) is 1.56. The Labute approximate surface area is 227 Å². The fourth-order valence-electron chi connectivity index (χ4n) is 3.51. The van der Waals surface area contributed by atoms with E-state index in [0.717, 1.165) is 18.5 Å². The highest BCUT2D eigenvalue weighted by Crippen LogP contribution is 2.29. The smallest absolute Gasteiger partial charge is 0.322 e. The molecule has 3 rings (SSSR count). The van der Waals surface area contributed by atoms with Gasteiger partial charge in [-0.2, -0.15) is 5.10 Å². The van der Waals surface area contributed by atoms with Gasteiger partial charge in [0.2, 0.25) is 5.91 Å². The molecule has 0 fully saturated rings. The molecule has 0 aliphatic carbocycles. The zero-order chi connectivity index (χ0) is 27.2. The van der Waals surface area contributed by atoms with E-state index in [4.69, 9.17) is 33.0 Å². The summed E-state index contributed by atoms with van der Waals surface area (Å²) in [5.41, 5.74) is 1.76. The van der Waals surface area contributed by atoms with Crippen molar-refractivity contribution in [1.29, 1.82) is 0 Å². The normalized spacial score (nSPS) is 11.2. The molecule has 0 radical (unpaired) electrons. The molecule has 0 atom stereocenters. The lowest BCUT2D eigenvalue weighted by Gasteiger charge is -2.22. The first kappa shape index (κ1) is 28.3. The monoisotopic (exact) mass is 545 g/mol. The van der Waals surface area contributed by atoms with Crippen LogP contribution in [-0.2, 0) is 10.2 Å². The number of carbonyl (C=O) groups excluding carboxylic acids is 2. The minimum Gasteiger partial charge on any atom is -0.497 e. The number of hydrogen-bond donors (Lipinski definition) is 2. The Balaban J connectivity index is 1.82. The Morgan fingerprint density at radius 2 is 1.81 bits per heavy atom. The molecule has 0 spiro atoms. The lowest BCUT2D eigenvalue weighted by Crippen LogP contribution is -2.41. The van der Waals surface area contributed by atoms with Crippen molar-refractivity contribution in [2.45, 2.75) is 46.0 Å². The van der Waals surface area contributed by atoms with E-state index in [9.17, 15) is 9.59 Å². The molecule has 2 aromatic carbocycles. The van der Waals surface area contributed by atoms with E-state index >= 15 is 0 Å². The molecule has 3 aromatic rings. The number of rotatable bonds is 9. The first-order chi connectivity index (χ1) is 17.5. The summed E-state index contributed by atoms with van der Waals surface area (Å²) in [6.45, 7) is 8.44. The van der Waals surface area contributed by atoms with Gasteiger partial charge >= 0.3 is 6.03 Å². The van der Waals surface area contributed by atoms with E-state index in [1.54, 1.807) is 54.3 Å². The fraction of sp³-hybridized carbons (Fsp3) is 0.370. The molecule has 1 aromatic heterocycles. The second-order valence-electron chi connectivity index (χ2n) is 9.66. The molecule has 0 bridgehead atoms. The van der Waals surface area contributed by atoms with Crippen molar-refractivity contribution in [2.24, 2.45) is 0 Å². The number of unbranched alkanes of at least 4 members (excludes halogenated alkanes) is 1. The summed E-state index contributed by atoms with van der Waals surface area (Å²) in [5, 5.41) is 11.3. The van der Waals surface area contributed by atoms with Crippen LogP contribution in [0.5, 0.6) is 5.75 Å². The number of anilines is 2. The first-order valence-electron chi connectivity index (χ1n) is 12.1. The Bertz CT molecular complexity index is 1250. The third-order valence-corrected chi connectivity index (χ3v) is 6.36. The number of hydrogen-bond acceptors (Lipinski definition) is 4. The van der Waals surface area contributed by atoms with Crippen LogP contribution in [0.4, 0.5) is 16.3 Å². The number of nitrogens with zero attached hydrogens (tertiary/aromatic N) is 3. The fourth-order valence-corrected chi connectivity index (χ4v) is 3.80. The third-order valence-electron chi connectivity index (χ3n) is 5.62. The second-order valence-corrected chi connectivity index (χ2v) is 10.5. The number of carbonyl (C=O) groups is 2. The third kappa shape index (κ3) is 7.63. The predicted molar refractivity (Wildman–Crippen MR) is 149 cm³/mol. The summed E-state index contributed by atoms with van der Waals surface area (Å²) in [5.74, 6) is 0.747. The Kier molecular flexibility index (Phi) is 9.45. The number of urea groups is 1. The summed E-state index contributed by atoms with van der Waals surface area (Å²) in [4.78, 5) is 27.7. The highest BCUT2D eigenvalue weighted by atomic mass is 35.5. The molecule has 2 N–H and O–H groups in total. The van der Waals surface area contributed by atoms with Crippen LogP contribution in [-0.4, -0.2) is 46.8 Å². The standard InChI is InChI=1S/C27H33Cl2N5O3/c1-6-7-13-33(26(36)30-18-9-8-10-20(14-18)37-5)17-25(35)31-24-16-23(27(2,3)4)32-34(24)19-11-12-21(28)22(29)15-19/h8-12,14-16H,6-7,13,17H2,1-5H3,(H,30,36)(H,31,35). The largest absolute Gasteiger partial charge is 0.497 e. The minimum absolute atomic E-state index is 0.132. The number of methoxy groups -OCH3 is 1. The van der Waals surface area contributed by atoms with Crippen molar-refractivity contribution in [3.8, 4) is 11.4 Å². The quantitative estimate of drug-likeness (QED) is 0.311. The highest BCUT2D eigenvalue weighted by molar-refractivity contribution is 6.42. The number of amides is 3. The SMILES string of the molecule is CCCCN(CC(=O)Nc1cc(C(C)(C)C)nn1-c1ccc(Cl)c(Cl)c1)C(=O)Nc1cccc(OC)c1. The van der Waals surface area contributed by atoms with Gasteiger partial charge in [-0.05, 0) is 36.8 Å². The molecular formula is C27H33Cl2N5O3. The number of halogens is 2. The molecule has 37 heavy (non-hydrogen) atoms. The summed E-state index contributed by atoms with van der Waals surface area (Å²) < 4.78 is 6.85. The number of ether oxygens (including phenoxy) is 1. The zero-order valence-electron chi connectivity index (χ0n) is 21.8. The molecule has 0 unspecified atom stereocenters. The summed E-state index contributed by atoms with van der Waals surface area (Å²) >= 11 is 12.3. The Hall–Kier alpha value is -3.23. The van der Waals surface area contributed by atoms with Crippen LogP contribution >= 0.6 is 23.2 Å². The van der Waals surface area contributed by atoms with E-state index in [1.807, 2.05) is 33.8 Å². The molecule has 0 aliphatic rings. The second kappa shape index (κ2) is 12.3. The highest BCUT2D eigenvalue weighted by Gasteiger charge is 2.23. The molecule has 0 aliphatic heterocycles. The van der Waals surface area contributed by atoms with Gasteiger partial charge in [0.05, 0.1) is 28.5 Å².